The number of nitrogens with zero attached hydrogens (tertiary/aromatic N) is 2. The molecule has 5 nitrogen and oxygen atoms in total. The van der Waals surface area contributed by atoms with Crippen LogP contribution in [0.4, 0.5) is 0 Å². The molecule has 1 amide bonds. The van der Waals surface area contributed by atoms with E-state index < -0.39 is 0 Å². The summed E-state index contributed by atoms with van der Waals surface area (Å²) >= 11 is 0. The van der Waals surface area contributed by atoms with E-state index in [1.54, 1.807) is 0 Å². The highest BCUT2D eigenvalue weighted by molar-refractivity contribution is 6.38. The molecule has 0 aliphatic carbocycles. The molecule has 0 aromatic heterocycles. The van der Waals surface area contributed by atoms with Crippen LogP contribution in [0.5, 0.6) is 0 Å². The third-order valence-electron chi connectivity index (χ3n) is 2.56. The zero-order chi connectivity index (χ0) is 13.9. The van der Waals surface area contributed by atoms with E-state index in [2.05, 4.69) is 22.6 Å². The first-order valence-corrected chi connectivity index (χ1v) is 6.37. The topological polar surface area (TPSA) is 74.0 Å². The second-order valence-electron chi connectivity index (χ2n) is 4.10. The largest absolute Gasteiger partial charge is 0.411 e. The van der Waals surface area contributed by atoms with Gasteiger partial charge in [-0.25, -0.2) is 5.43 Å². The van der Waals surface area contributed by atoms with Crippen LogP contribution in [-0.2, 0) is 4.79 Å². The van der Waals surface area contributed by atoms with Crippen LogP contribution < -0.4 is 5.43 Å². The van der Waals surface area contributed by atoms with Crippen molar-refractivity contribution in [2.75, 3.05) is 0 Å². The maximum atomic E-state index is 11.5. The van der Waals surface area contributed by atoms with Gasteiger partial charge in [-0.1, -0.05) is 55.3 Å². The number of unbranched alkanes of at least 4 members (excludes halogenated alkanes) is 2. The number of oxime groups is 1. The SMILES string of the molecule is CCCCCC(=O)N/N=C(\C=N\O)c1ccccc1. The monoisotopic (exact) mass is 261 g/mol. The lowest BCUT2D eigenvalue weighted by Gasteiger charge is -2.02. The molecule has 0 heterocycles. The van der Waals surface area contributed by atoms with Crippen LogP contribution in [0.3, 0.4) is 0 Å². The average Bonchev–Trinajstić information content (AvgIpc) is 2.44. The number of hydrogen-bond acceptors (Lipinski definition) is 4. The molecular weight excluding hydrogens is 242 g/mol. The lowest BCUT2D eigenvalue weighted by Crippen LogP contribution is -2.20. The first-order valence-electron chi connectivity index (χ1n) is 6.37. The molecule has 1 rings (SSSR count). The number of hydrogen-bond donors (Lipinski definition) is 2. The lowest BCUT2D eigenvalue weighted by atomic mass is 10.1. The number of benzene rings is 1. The van der Waals surface area contributed by atoms with Crippen molar-refractivity contribution in [3.63, 3.8) is 0 Å². The number of rotatable bonds is 7. The van der Waals surface area contributed by atoms with Gasteiger partial charge < -0.3 is 5.21 Å². The van der Waals surface area contributed by atoms with Crippen LogP contribution in [0, 0.1) is 0 Å². The van der Waals surface area contributed by atoms with Crippen molar-refractivity contribution in [2.45, 2.75) is 32.6 Å². The average molecular weight is 261 g/mol. The van der Waals surface area contributed by atoms with Gasteiger partial charge in [0.15, 0.2) is 0 Å². The summed E-state index contributed by atoms with van der Waals surface area (Å²) in [6, 6.07) is 9.21. The fourth-order valence-corrected chi connectivity index (χ4v) is 1.55. The Labute approximate surface area is 113 Å². The summed E-state index contributed by atoms with van der Waals surface area (Å²) in [4.78, 5) is 11.5. The third-order valence-corrected chi connectivity index (χ3v) is 2.56. The van der Waals surface area contributed by atoms with Crippen molar-refractivity contribution in [3.05, 3.63) is 35.9 Å². The van der Waals surface area contributed by atoms with Crippen molar-refractivity contribution in [2.24, 2.45) is 10.3 Å². The van der Waals surface area contributed by atoms with E-state index in [4.69, 9.17) is 5.21 Å². The molecule has 0 atom stereocenters. The van der Waals surface area contributed by atoms with Crippen LogP contribution in [-0.4, -0.2) is 23.0 Å². The third kappa shape index (κ3) is 5.81. The van der Waals surface area contributed by atoms with Crippen molar-refractivity contribution >= 4 is 17.8 Å². The van der Waals surface area contributed by atoms with E-state index in [-0.39, 0.29) is 5.91 Å². The van der Waals surface area contributed by atoms with Crippen LogP contribution in [0.15, 0.2) is 40.6 Å². The summed E-state index contributed by atoms with van der Waals surface area (Å²) in [7, 11) is 0. The van der Waals surface area contributed by atoms with E-state index in [0.717, 1.165) is 24.8 Å². The first kappa shape index (κ1) is 14.9. The Balaban J connectivity index is 2.62. The van der Waals surface area contributed by atoms with Crippen LogP contribution in [0.25, 0.3) is 0 Å². The van der Waals surface area contributed by atoms with Gasteiger partial charge in [0.2, 0.25) is 5.91 Å². The maximum absolute atomic E-state index is 11.5. The highest BCUT2D eigenvalue weighted by atomic mass is 16.4. The minimum Gasteiger partial charge on any atom is -0.411 e. The zero-order valence-corrected chi connectivity index (χ0v) is 11.0. The summed E-state index contributed by atoms with van der Waals surface area (Å²) in [5, 5.41) is 15.5. The number of nitrogens with one attached hydrogen (secondary N) is 1. The molecule has 0 spiro atoms. The molecule has 1 aromatic carbocycles. The van der Waals surface area contributed by atoms with Crippen LogP contribution in [0.2, 0.25) is 0 Å². The summed E-state index contributed by atoms with van der Waals surface area (Å²) in [5.41, 5.74) is 3.65. The van der Waals surface area contributed by atoms with Crippen molar-refractivity contribution in [3.8, 4) is 0 Å². The summed E-state index contributed by atoms with van der Waals surface area (Å²) in [6.07, 6.45) is 4.60. The van der Waals surface area contributed by atoms with Crippen molar-refractivity contribution < 1.29 is 10.0 Å². The Morgan fingerprint density at radius 2 is 2.05 bits per heavy atom. The number of carbonyl (C=O) groups excluding carboxylic acids is 1. The molecule has 0 aliphatic heterocycles. The maximum Gasteiger partial charge on any atom is 0.240 e. The molecule has 1 aromatic rings. The van der Waals surface area contributed by atoms with Gasteiger partial charge >= 0.3 is 0 Å². The van der Waals surface area contributed by atoms with E-state index in [1.165, 1.54) is 6.21 Å². The number of carbonyl (C=O) groups is 1. The molecule has 19 heavy (non-hydrogen) atoms. The second-order valence-corrected chi connectivity index (χ2v) is 4.10. The molecule has 0 unspecified atom stereocenters. The molecule has 0 fully saturated rings. The Hall–Kier alpha value is -2.17. The van der Waals surface area contributed by atoms with Crippen LogP contribution in [0.1, 0.15) is 38.2 Å². The highest BCUT2D eigenvalue weighted by Crippen LogP contribution is 2.01. The van der Waals surface area contributed by atoms with Crippen LogP contribution >= 0.6 is 0 Å². The molecule has 102 valence electrons. The summed E-state index contributed by atoms with van der Waals surface area (Å²) < 4.78 is 0. The molecule has 0 radical (unpaired) electrons. The molecule has 0 saturated carbocycles. The molecular formula is C14H19N3O2. The molecule has 5 heteroatoms. The molecule has 0 saturated heterocycles. The van der Waals surface area contributed by atoms with Crippen molar-refractivity contribution in [1.82, 2.24) is 5.43 Å². The van der Waals surface area contributed by atoms with E-state index in [9.17, 15) is 4.79 Å². The number of hydrazone groups is 1. The molecule has 0 aliphatic rings. The quantitative estimate of drug-likeness (QED) is 0.342. The minimum absolute atomic E-state index is 0.131. The van der Waals surface area contributed by atoms with Gasteiger partial charge in [0, 0.05) is 12.0 Å². The van der Waals surface area contributed by atoms with Gasteiger partial charge in [-0.05, 0) is 6.42 Å². The molecule has 2 N–H and O–H groups in total. The Bertz CT molecular complexity index is 441. The smallest absolute Gasteiger partial charge is 0.240 e. The zero-order valence-electron chi connectivity index (χ0n) is 11.0. The van der Waals surface area contributed by atoms with Gasteiger partial charge in [-0.3, -0.25) is 4.79 Å². The Kier molecular flexibility index (Phi) is 6.94. The Morgan fingerprint density at radius 1 is 1.32 bits per heavy atom. The Morgan fingerprint density at radius 3 is 2.68 bits per heavy atom. The number of amides is 1. The second kappa shape index (κ2) is 8.85. The van der Waals surface area contributed by atoms with E-state index in [0.29, 0.717) is 12.1 Å². The van der Waals surface area contributed by atoms with Gasteiger partial charge in [-0.15, -0.1) is 0 Å². The predicted molar refractivity (Wildman–Crippen MR) is 75.5 cm³/mol. The van der Waals surface area contributed by atoms with Gasteiger partial charge in [0.25, 0.3) is 0 Å². The molecule has 0 bridgehead atoms. The fraction of sp³-hybridized carbons (Fsp3) is 0.357. The lowest BCUT2D eigenvalue weighted by molar-refractivity contribution is -0.121. The summed E-state index contributed by atoms with van der Waals surface area (Å²) in [5.74, 6) is -0.131. The van der Waals surface area contributed by atoms with Gasteiger partial charge in [0.05, 0.1) is 6.21 Å². The summed E-state index contributed by atoms with van der Waals surface area (Å²) in [6.45, 7) is 2.08. The first-order chi connectivity index (χ1) is 9.27. The van der Waals surface area contributed by atoms with E-state index in [1.807, 2.05) is 30.3 Å². The highest BCUT2D eigenvalue weighted by Gasteiger charge is 2.03. The predicted octanol–water partition coefficient (Wildman–Crippen LogP) is 2.55. The van der Waals surface area contributed by atoms with Crippen molar-refractivity contribution in [1.29, 1.82) is 0 Å². The normalized spacial score (nSPS) is 11.7. The van der Waals surface area contributed by atoms with Gasteiger partial charge in [-0.2, -0.15) is 5.10 Å². The standard InChI is InChI=1S/C14H19N3O2/c1-2-3-5-10-14(18)17-16-13(11-15-19)12-8-6-4-7-9-12/h4,6-9,11,19H,2-3,5,10H2,1H3,(H,17,18)/b15-11+,16-13+. The fourth-order valence-electron chi connectivity index (χ4n) is 1.55. The minimum atomic E-state index is -0.131. The van der Waals surface area contributed by atoms with Gasteiger partial charge in [0.1, 0.15) is 5.71 Å². The van der Waals surface area contributed by atoms with E-state index >= 15 is 0 Å².